The maximum atomic E-state index is 11.7. The second kappa shape index (κ2) is 11.0. The zero-order valence-electron chi connectivity index (χ0n) is 15.7. The van der Waals surface area contributed by atoms with Gasteiger partial charge in [0.25, 0.3) is 0 Å². The Labute approximate surface area is 180 Å². The lowest BCUT2D eigenvalue weighted by Crippen LogP contribution is -2.08. The number of hydrogen-bond donors (Lipinski definition) is 2. The average molecular weight is 425 g/mol. The van der Waals surface area contributed by atoms with Crippen molar-refractivity contribution < 1.29 is 19.7 Å². The molecule has 0 heterocycles. The van der Waals surface area contributed by atoms with Gasteiger partial charge in [-0.2, -0.15) is 0 Å². The van der Waals surface area contributed by atoms with Crippen LogP contribution in [0.25, 0.3) is 0 Å². The fourth-order valence-corrected chi connectivity index (χ4v) is 2.99. The van der Waals surface area contributed by atoms with Crippen LogP contribution in [-0.2, 0) is 11.2 Å². The van der Waals surface area contributed by atoms with Crippen LogP contribution in [-0.4, -0.2) is 33.4 Å². The molecule has 6 heteroatoms. The molecular weight excluding hydrogens is 404 g/mol. The molecule has 3 aromatic rings. The maximum absolute atomic E-state index is 11.7. The van der Waals surface area contributed by atoms with Crippen molar-refractivity contribution in [3.05, 3.63) is 107 Å². The first kappa shape index (κ1) is 22.2. The van der Waals surface area contributed by atoms with Crippen LogP contribution in [0, 0.1) is 0 Å². The van der Waals surface area contributed by atoms with Gasteiger partial charge in [0.1, 0.15) is 0 Å². The van der Waals surface area contributed by atoms with Gasteiger partial charge in [0, 0.05) is 11.1 Å². The molecule has 0 saturated heterocycles. The summed E-state index contributed by atoms with van der Waals surface area (Å²) in [4.78, 5) is 11.7. The number of hydrogen-bond acceptors (Lipinski definition) is 4. The second-order valence-corrected chi connectivity index (χ2v) is 6.73. The Hall–Kier alpha value is -3.09. The van der Waals surface area contributed by atoms with Crippen LogP contribution in [0.5, 0.6) is 0 Å². The maximum Gasteiger partial charge on any atom is 0.338 e. The minimum Gasteiger partial charge on any atom is -0.499 e. The van der Waals surface area contributed by atoms with Crippen molar-refractivity contribution in [2.24, 2.45) is 0 Å². The lowest BCUT2D eigenvalue weighted by atomic mass is 9.96. The van der Waals surface area contributed by atoms with E-state index < -0.39 is 0 Å². The molecule has 3 aromatic carbocycles. The molecule has 148 valence electrons. The molecule has 4 nitrogen and oxygen atoms in total. The molecule has 0 aliphatic rings. The predicted molar refractivity (Wildman–Crippen MR) is 122 cm³/mol. The third-order valence-electron chi connectivity index (χ3n) is 4.07. The van der Waals surface area contributed by atoms with E-state index in [1.807, 2.05) is 48.5 Å². The van der Waals surface area contributed by atoms with Gasteiger partial charge in [-0.3, -0.25) is 0 Å². The van der Waals surface area contributed by atoms with Gasteiger partial charge in [0.15, 0.2) is 10.1 Å². The molecule has 29 heavy (non-hydrogen) atoms. The first-order valence-corrected chi connectivity index (χ1v) is 9.51. The molecule has 0 amide bonds. The van der Waals surface area contributed by atoms with E-state index >= 15 is 0 Å². The molecule has 0 spiro atoms. The lowest BCUT2D eigenvalue weighted by Gasteiger charge is -2.10. The molecule has 0 fully saturated rings. The van der Waals surface area contributed by atoms with Crippen molar-refractivity contribution in [3.8, 4) is 0 Å². The molecule has 0 aliphatic carbocycles. The van der Waals surface area contributed by atoms with Crippen molar-refractivity contribution >= 4 is 40.5 Å². The molecule has 0 saturated carbocycles. The van der Waals surface area contributed by atoms with Crippen LogP contribution >= 0.6 is 24.4 Å². The Kier molecular flexibility index (Phi) is 8.45. The van der Waals surface area contributed by atoms with E-state index in [2.05, 4.69) is 12.2 Å². The van der Waals surface area contributed by atoms with Crippen LogP contribution in [0.2, 0.25) is 0 Å². The number of aliphatic hydroxyl groups is 2. The summed E-state index contributed by atoms with van der Waals surface area (Å²) in [5.74, 6) is -0.371. The second-order valence-electron chi connectivity index (χ2n) is 5.96. The number of carbonyl (C=O) groups excluding carboxylic acids is 1. The van der Waals surface area contributed by atoms with Gasteiger partial charge in [-0.15, -0.1) is 0 Å². The quantitative estimate of drug-likeness (QED) is 0.433. The predicted octanol–water partition coefficient (Wildman–Crippen LogP) is 5.22. The molecule has 0 atom stereocenters. The Morgan fingerprint density at radius 3 is 1.72 bits per heavy atom. The monoisotopic (exact) mass is 424 g/mol. The van der Waals surface area contributed by atoms with Crippen LogP contribution in [0.4, 0.5) is 0 Å². The van der Waals surface area contributed by atoms with E-state index in [1.165, 1.54) is 7.11 Å². The Morgan fingerprint density at radius 1 is 0.759 bits per heavy atom. The third kappa shape index (κ3) is 6.48. The summed E-state index contributed by atoms with van der Waals surface area (Å²) in [6.45, 7) is 0. The van der Waals surface area contributed by atoms with Gasteiger partial charge in [-0.05, 0) is 48.0 Å². The van der Waals surface area contributed by atoms with Crippen LogP contribution in [0.3, 0.4) is 0 Å². The SMILES string of the molecule is COC(=O)c1ccccc1Cc1ccccc1C(O)=S.OC(=S)c1ccccc1. The topological polar surface area (TPSA) is 66.8 Å². The zero-order chi connectivity index (χ0) is 21.2. The van der Waals surface area contributed by atoms with Crippen LogP contribution < -0.4 is 0 Å². The van der Waals surface area contributed by atoms with E-state index in [4.69, 9.17) is 22.1 Å². The standard InChI is InChI=1S/C16H14O3S.C7H6OS/c1-19-15(17)13-8-4-2-6-11(13)10-12-7-3-5-9-14(12)16(18)20;8-7(9)6-4-2-1-3-5-6/h2-9H,10H2,1H3,(H,18,20);1-5H,(H,8,9). The van der Waals surface area contributed by atoms with Crippen LogP contribution in [0.1, 0.15) is 32.6 Å². The highest BCUT2D eigenvalue weighted by atomic mass is 32.1. The Balaban J connectivity index is 0.000000278. The minimum absolute atomic E-state index is 0.0457. The Morgan fingerprint density at radius 2 is 1.24 bits per heavy atom. The molecule has 0 aromatic heterocycles. The minimum atomic E-state index is -0.371. The summed E-state index contributed by atoms with van der Waals surface area (Å²) < 4.78 is 4.78. The summed E-state index contributed by atoms with van der Waals surface area (Å²) in [6.07, 6.45) is 0.502. The number of methoxy groups -OCH3 is 1. The van der Waals surface area contributed by atoms with Crippen molar-refractivity contribution in [2.45, 2.75) is 6.42 Å². The molecule has 0 aliphatic heterocycles. The first-order valence-electron chi connectivity index (χ1n) is 8.69. The van der Waals surface area contributed by atoms with Gasteiger partial charge in [0.2, 0.25) is 0 Å². The molecule has 0 bridgehead atoms. The van der Waals surface area contributed by atoms with Gasteiger partial charge in [0.05, 0.1) is 12.7 Å². The highest BCUT2D eigenvalue weighted by Crippen LogP contribution is 2.18. The number of carbonyl (C=O) groups is 1. The summed E-state index contributed by atoms with van der Waals surface area (Å²) in [5.41, 5.74) is 3.54. The number of thiocarbonyl (C=S) groups is 2. The van der Waals surface area contributed by atoms with Gasteiger partial charge < -0.3 is 14.9 Å². The summed E-state index contributed by atoms with van der Waals surface area (Å²) in [5, 5.41) is 18.1. The highest BCUT2D eigenvalue weighted by Gasteiger charge is 2.13. The van der Waals surface area contributed by atoms with Crippen molar-refractivity contribution in [3.63, 3.8) is 0 Å². The zero-order valence-corrected chi connectivity index (χ0v) is 17.4. The van der Waals surface area contributed by atoms with Gasteiger partial charge in [-0.1, -0.05) is 72.8 Å². The molecule has 2 N–H and O–H groups in total. The van der Waals surface area contributed by atoms with Gasteiger partial charge >= 0.3 is 5.97 Å². The van der Waals surface area contributed by atoms with E-state index in [0.29, 0.717) is 23.1 Å². The largest absolute Gasteiger partial charge is 0.499 e. The van der Waals surface area contributed by atoms with E-state index in [1.54, 1.807) is 30.3 Å². The molecule has 3 rings (SSSR count). The first-order chi connectivity index (χ1) is 13.9. The van der Waals surface area contributed by atoms with Crippen LogP contribution in [0.15, 0.2) is 78.9 Å². The van der Waals surface area contributed by atoms with E-state index in [0.717, 1.165) is 11.1 Å². The van der Waals surface area contributed by atoms with Gasteiger partial charge in [-0.25, -0.2) is 4.79 Å². The lowest BCUT2D eigenvalue weighted by molar-refractivity contribution is 0.0599. The van der Waals surface area contributed by atoms with E-state index in [-0.39, 0.29) is 16.1 Å². The molecule has 0 radical (unpaired) electrons. The number of rotatable bonds is 5. The molecular formula is C23H20O4S2. The van der Waals surface area contributed by atoms with E-state index in [9.17, 15) is 9.90 Å². The normalized spacial score (nSPS) is 9.69. The fraction of sp³-hybridized carbons (Fsp3) is 0.0870. The number of aliphatic hydroxyl groups excluding tert-OH is 2. The average Bonchev–Trinajstić information content (AvgIpc) is 2.75. The van der Waals surface area contributed by atoms with Crippen molar-refractivity contribution in [1.29, 1.82) is 0 Å². The molecule has 0 unspecified atom stereocenters. The number of benzene rings is 3. The fourth-order valence-electron chi connectivity index (χ4n) is 2.65. The smallest absolute Gasteiger partial charge is 0.338 e. The number of esters is 1. The Bertz CT molecular complexity index is 1000. The summed E-state index contributed by atoms with van der Waals surface area (Å²) in [6, 6.07) is 23.6. The number of ether oxygens (including phenoxy) is 1. The highest BCUT2D eigenvalue weighted by molar-refractivity contribution is 7.80. The summed E-state index contributed by atoms with van der Waals surface area (Å²) in [7, 11) is 1.36. The summed E-state index contributed by atoms with van der Waals surface area (Å²) >= 11 is 9.35. The van der Waals surface area contributed by atoms with Crippen molar-refractivity contribution in [1.82, 2.24) is 0 Å². The van der Waals surface area contributed by atoms with Crippen molar-refractivity contribution in [2.75, 3.05) is 7.11 Å². The third-order valence-corrected chi connectivity index (χ3v) is 4.53.